The van der Waals surface area contributed by atoms with Gasteiger partial charge in [0, 0.05) is 5.56 Å². The lowest BCUT2D eigenvalue weighted by Gasteiger charge is -2.12. The molecule has 0 saturated heterocycles. The van der Waals surface area contributed by atoms with Gasteiger partial charge >= 0.3 is 0 Å². The number of aldehydes is 1. The van der Waals surface area contributed by atoms with Crippen LogP contribution in [0.1, 0.15) is 39.6 Å². The number of hydrogen-bond acceptors (Lipinski definition) is 4. The molecule has 0 bridgehead atoms. The molecule has 0 N–H and O–H groups in total. The van der Waals surface area contributed by atoms with Gasteiger partial charge in [-0.15, -0.1) is 0 Å². The highest BCUT2D eigenvalue weighted by Crippen LogP contribution is 2.34. The first-order valence-corrected chi connectivity index (χ1v) is 8.98. The monoisotopic (exact) mass is 362 g/mol. The van der Waals surface area contributed by atoms with E-state index in [-0.39, 0.29) is 12.4 Å². The third kappa shape index (κ3) is 3.85. The quantitative estimate of drug-likeness (QED) is 0.425. The van der Waals surface area contributed by atoms with E-state index in [9.17, 15) is 9.59 Å². The van der Waals surface area contributed by atoms with Gasteiger partial charge in [0.05, 0.1) is 12.7 Å². The second kappa shape index (κ2) is 8.49. The molecule has 0 fully saturated rings. The molecule has 0 saturated carbocycles. The van der Waals surface area contributed by atoms with Crippen molar-refractivity contribution >= 4 is 12.1 Å². The van der Waals surface area contributed by atoms with Crippen LogP contribution in [0.15, 0.2) is 54.6 Å². The molecule has 2 aliphatic carbocycles. The van der Waals surface area contributed by atoms with Crippen LogP contribution < -0.4 is 9.47 Å². The number of benzene rings is 1. The first-order valence-electron chi connectivity index (χ1n) is 8.98. The number of para-hydroxylation sites is 1. The highest BCUT2D eigenvalue weighted by atomic mass is 16.5. The lowest BCUT2D eigenvalue weighted by atomic mass is 10.0. The molecule has 4 heteroatoms. The summed E-state index contributed by atoms with van der Waals surface area (Å²) in [7, 11) is 1.50. The average Bonchev–Trinajstić information content (AvgIpc) is 2.87. The number of carbonyl (C=O) groups excluding carboxylic acids is 2. The summed E-state index contributed by atoms with van der Waals surface area (Å²) in [4.78, 5) is 24.2. The summed E-state index contributed by atoms with van der Waals surface area (Å²) in [6.07, 6.45) is 2.61. The summed E-state index contributed by atoms with van der Waals surface area (Å²) in [5, 5.41) is 0. The van der Waals surface area contributed by atoms with Crippen molar-refractivity contribution < 1.29 is 19.1 Å². The van der Waals surface area contributed by atoms with Crippen LogP contribution in [0.4, 0.5) is 0 Å². The standard InChI is InChI=1S/C23H22O4/c1-3-8-16-13-20(19-11-6-4-5-10-18(16)19)21(25)15-27-23-17(14-24)9-7-12-22(23)26-2/h4-7,9-14H,3,8,15H2,1-2H3. The van der Waals surface area contributed by atoms with Gasteiger partial charge in [-0.2, -0.15) is 0 Å². The fourth-order valence-electron chi connectivity index (χ4n) is 3.26. The third-order valence-corrected chi connectivity index (χ3v) is 4.52. The van der Waals surface area contributed by atoms with Crippen molar-refractivity contribution in [2.75, 3.05) is 13.7 Å². The smallest absolute Gasteiger partial charge is 0.200 e. The van der Waals surface area contributed by atoms with Gasteiger partial charge in [0.2, 0.25) is 5.78 Å². The molecular weight excluding hydrogens is 340 g/mol. The van der Waals surface area contributed by atoms with E-state index in [2.05, 4.69) is 6.92 Å². The maximum Gasteiger partial charge on any atom is 0.200 e. The number of aryl methyl sites for hydroxylation is 1. The Bertz CT molecular complexity index is 930. The van der Waals surface area contributed by atoms with Crippen molar-refractivity contribution in [3.63, 3.8) is 0 Å². The number of methoxy groups -OCH3 is 1. The first-order chi connectivity index (χ1) is 13.2. The van der Waals surface area contributed by atoms with Gasteiger partial charge in [-0.05, 0) is 41.3 Å². The Morgan fingerprint density at radius 2 is 1.81 bits per heavy atom. The van der Waals surface area contributed by atoms with Crippen molar-refractivity contribution in [1.29, 1.82) is 0 Å². The Balaban J connectivity index is 1.89. The molecule has 4 nitrogen and oxygen atoms in total. The van der Waals surface area contributed by atoms with Crippen LogP contribution in [-0.4, -0.2) is 25.8 Å². The molecular formula is C23H22O4. The first kappa shape index (κ1) is 18.6. The maximum atomic E-state index is 12.9. The molecule has 1 aromatic carbocycles. The molecule has 0 radical (unpaired) electrons. The van der Waals surface area contributed by atoms with Crippen molar-refractivity contribution in [3.8, 4) is 22.6 Å². The Kier molecular flexibility index (Phi) is 5.87. The molecule has 0 aliphatic heterocycles. The summed E-state index contributed by atoms with van der Waals surface area (Å²) < 4.78 is 11.0. The largest absolute Gasteiger partial charge is 0.493 e. The van der Waals surface area contributed by atoms with Gasteiger partial charge in [0.25, 0.3) is 0 Å². The zero-order valence-corrected chi connectivity index (χ0v) is 15.5. The molecule has 1 aromatic rings. The van der Waals surface area contributed by atoms with Gasteiger partial charge in [0.15, 0.2) is 24.4 Å². The normalized spacial score (nSPS) is 10.6. The van der Waals surface area contributed by atoms with Crippen molar-refractivity contribution in [2.45, 2.75) is 19.8 Å². The molecule has 0 heterocycles. The van der Waals surface area contributed by atoms with Crippen molar-refractivity contribution in [1.82, 2.24) is 0 Å². The minimum atomic E-state index is -0.162. The lowest BCUT2D eigenvalue weighted by molar-refractivity contribution is 0.0917. The number of rotatable bonds is 8. The molecule has 138 valence electrons. The number of carbonyl (C=O) groups is 2. The van der Waals surface area contributed by atoms with Gasteiger partial charge in [0.1, 0.15) is 0 Å². The van der Waals surface area contributed by atoms with E-state index in [0.717, 1.165) is 29.5 Å². The fraction of sp³-hybridized carbons (Fsp3) is 0.217. The van der Waals surface area contributed by atoms with Crippen LogP contribution in [0.25, 0.3) is 11.1 Å². The van der Waals surface area contributed by atoms with Crippen LogP contribution in [0, 0.1) is 0 Å². The SMILES string of the molecule is CCCc1cc(C(=O)COc2c(C=O)cccc2OC)c2cccccc1-2. The number of hydrogen-bond donors (Lipinski definition) is 0. The van der Waals surface area contributed by atoms with Crippen LogP contribution in [0.5, 0.6) is 11.5 Å². The second-order valence-corrected chi connectivity index (χ2v) is 6.28. The summed E-state index contributed by atoms with van der Waals surface area (Å²) in [6.45, 7) is 1.96. The number of ketones is 1. The van der Waals surface area contributed by atoms with E-state index in [4.69, 9.17) is 9.47 Å². The molecule has 2 aliphatic rings. The molecule has 0 spiro atoms. The lowest BCUT2D eigenvalue weighted by Crippen LogP contribution is -2.13. The third-order valence-electron chi connectivity index (χ3n) is 4.52. The summed E-state index contributed by atoms with van der Waals surface area (Å²) in [6, 6.07) is 16.9. The summed E-state index contributed by atoms with van der Waals surface area (Å²) in [5.41, 5.74) is 4.18. The topological polar surface area (TPSA) is 52.6 Å². The van der Waals surface area contributed by atoms with E-state index < -0.39 is 0 Å². The Labute approximate surface area is 159 Å². The summed E-state index contributed by atoms with van der Waals surface area (Å²) in [5.74, 6) is 0.590. The van der Waals surface area contributed by atoms with E-state index in [1.807, 2.05) is 36.4 Å². The van der Waals surface area contributed by atoms with E-state index >= 15 is 0 Å². The minimum absolute atomic E-state index is 0.128. The Morgan fingerprint density at radius 1 is 1.04 bits per heavy atom. The Hall–Kier alpha value is -3.14. The highest BCUT2D eigenvalue weighted by Gasteiger charge is 2.20. The zero-order valence-electron chi connectivity index (χ0n) is 15.5. The van der Waals surface area contributed by atoms with Crippen molar-refractivity contribution in [3.05, 3.63) is 71.3 Å². The average molecular weight is 362 g/mol. The van der Waals surface area contributed by atoms with Crippen molar-refractivity contribution in [2.24, 2.45) is 0 Å². The number of ether oxygens (including phenoxy) is 2. The molecule has 0 amide bonds. The predicted molar refractivity (Wildman–Crippen MR) is 105 cm³/mol. The molecule has 0 atom stereocenters. The van der Waals surface area contributed by atoms with Gasteiger partial charge in [-0.1, -0.05) is 49.7 Å². The Morgan fingerprint density at radius 3 is 2.52 bits per heavy atom. The molecule has 0 aromatic heterocycles. The van der Waals surface area contributed by atoms with E-state index in [1.54, 1.807) is 18.2 Å². The van der Waals surface area contributed by atoms with E-state index in [1.165, 1.54) is 7.11 Å². The summed E-state index contributed by atoms with van der Waals surface area (Å²) >= 11 is 0. The molecule has 27 heavy (non-hydrogen) atoms. The molecule has 3 rings (SSSR count). The van der Waals surface area contributed by atoms with Gasteiger partial charge < -0.3 is 9.47 Å². The van der Waals surface area contributed by atoms with E-state index in [0.29, 0.717) is 28.9 Å². The number of Topliss-reactive ketones (excluding diaryl/α,β-unsaturated/α-hetero) is 1. The van der Waals surface area contributed by atoms with Crippen LogP contribution in [0.3, 0.4) is 0 Å². The fourth-order valence-corrected chi connectivity index (χ4v) is 3.26. The van der Waals surface area contributed by atoms with Gasteiger partial charge in [-0.25, -0.2) is 0 Å². The maximum absolute atomic E-state index is 12.9. The second-order valence-electron chi connectivity index (χ2n) is 6.28. The molecule has 0 unspecified atom stereocenters. The van der Waals surface area contributed by atoms with Crippen LogP contribution >= 0.6 is 0 Å². The van der Waals surface area contributed by atoms with Gasteiger partial charge in [-0.3, -0.25) is 9.59 Å². The van der Waals surface area contributed by atoms with Crippen LogP contribution in [-0.2, 0) is 6.42 Å². The van der Waals surface area contributed by atoms with Crippen LogP contribution in [0.2, 0.25) is 0 Å². The zero-order chi connectivity index (χ0) is 19.2. The highest BCUT2D eigenvalue weighted by molar-refractivity contribution is 6.05. The number of fused-ring (bicyclic) bond motifs is 1. The minimum Gasteiger partial charge on any atom is -0.493 e. The predicted octanol–water partition coefficient (Wildman–Crippen LogP) is 4.83.